The molecule has 6 nitrogen and oxygen atoms in total. The molecule has 0 radical (unpaired) electrons. The highest BCUT2D eigenvalue weighted by Crippen LogP contribution is 2.48. The Balaban J connectivity index is 1.68. The Morgan fingerprint density at radius 1 is 1.10 bits per heavy atom. The second-order valence-electron chi connectivity index (χ2n) is 7.68. The van der Waals surface area contributed by atoms with E-state index in [9.17, 15) is 9.90 Å². The van der Waals surface area contributed by atoms with Crippen molar-refractivity contribution in [3.8, 4) is 5.75 Å². The summed E-state index contributed by atoms with van der Waals surface area (Å²) in [4.78, 5) is 16.5. The lowest BCUT2D eigenvalue weighted by atomic mass is 9.83. The maximum atomic E-state index is 13.3. The molecule has 7 heteroatoms. The zero-order valence-corrected chi connectivity index (χ0v) is 18.2. The van der Waals surface area contributed by atoms with E-state index >= 15 is 0 Å². The predicted octanol–water partition coefficient (Wildman–Crippen LogP) is 3.26. The van der Waals surface area contributed by atoms with Gasteiger partial charge in [-0.25, -0.2) is 10.9 Å². The number of nitrogens with one attached hydrogen (secondary N) is 2. The summed E-state index contributed by atoms with van der Waals surface area (Å²) in [6, 6.07) is 15.3. The van der Waals surface area contributed by atoms with Gasteiger partial charge in [0.05, 0.1) is 12.1 Å². The number of carbonyl (C=O) groups excluding carboxylic acids is 1. The number of benzene rings is 2. The van der Waals surface area contributed by atoms with Crippen LogP contribution in [-0.2, 0) is 9.53 Å². The summed E-state index contributed by atoms with van der Waals surface area (Å²) >= 11 is 1.70. The molecular weight excluding hydrogens is 398 g/mol. The molecule has 2 aromatic carbocycles. The van der Waals surface area contributed by atoms with Crippen LogP contribution in [0.4, 0.5) is 0 Å². The summed E-state index contributed by atoms with van der Waals surface area (Å²) in [5.74, 6) is 0.315. The molecule has 2 aliphatic heterocycles. The van der Waals surface area contributed by atoms with Gasteiger partial charge in [0.1, 0.15) is 11.8 Å². The van der Waals surface area contributed by atoms with E-state index in [0.29, 0.717) is 19.8 Å². The SMILES string of the molecule is CCOCCCN1C(=O)C2NNC(c3ccccc3O)C2C1c1ccc(SC)cc1. The molecule has 2 aliphatic rings. The average molecular weight is 428 g/mol. The molecule has 160 valence electrons. The van der Waals surface area contributed by atoms with Crippen LogP contribution in [0.25, 0.3) is 0 Å². The van der Waals surface area contributed by atoms with Gasteiger partial charge in [-0.15, -0.1) is 11.8 Å². The minimum Gasteiger partial charge on any atom is -0.508 e. The molecular formula is C23H29N3O3S. The molecule has 2 heterocycles. The lowest BCUT2D eigenvalue weighted by molar-refractivity contribution is -0.131. The van der Waals surface area contributed by atoms with Gasteiger partial charge in [-0.3, -0.25) is 4.79 Å². The number of ether oxygens (including phenoxy) is 1. The molecule has 2 saturated heterocycles. The third-order valence-corrected chi connectivity index (χ3v) is 6.78. The number of nitrogens with zero attached hydrogens (tertiary/aromatic N) is 1. The number of likely N-dealkylation sites (tertiary alicyclic amines) is 1. The molecule has 2 aromatic rings. The van der Waals surface area contributed by atoms with Crippen molar-refractivity contribution in [2.45, 2.75) is 36.4 Å². The van der Waals surface area contributed by atoms with Crippen LogP contribution in [0.3, 0.4) is 0 Å². The number of aromatic hydroxyl groups is 1. The number of para-hydroxylation sites is 1. The molecule has 4 unspecified atom stereocenters. The Morgan fingerprint density at radius 3 is 2.53 bits per heavy atom. The van der Waals surface area contributed by atoms with Crippen LogP contribution >= 0.6 is 11.8 Å². The Hall–Kier alpha value is -2.06. The summed E-state index contributed by atoms with van der Waals surface area (Å²) in [6.07, 6.45) is 2.86. The van der Waals surface area contributed by atoms with Gasteiger partial charge >= 0.3 is 0 Å². The topological polar surface area (TPSA) is 73.8 Å². The van der Waals surface area contributed by atoms with Crippen molar-refractivity contribution >= 4 is 17.7 Å². The van der Waals surface area contributed by atoms with Crippen LogP contribution in [-0.4, -0.2) is 48.0 Å². The number of phenolic OH excluding ortho intramolecular Hbond substituents is 1. The van der Waals surface area contributed by atoms with Gasteiger partial charge in [0, 0.05) is 36.1 Å². The molecule has 3 N–H and O–H groups in total. The van der Waals surface area contributed by atoms with Crippen LogP contribution in [0.1, 0.15) is 36.6 Å². The summed E-state index contributed by atoms with van der Waals surface area (Å²) < 4.78 is 5.50. The Labute approximate surface area is 182 Å². The summed E-state index contributed by atoms with van der Waals surface area (Å²) in [6.45, 7) is 3.95. The smallest absolute Gasteiger partial charge is 0.242 e. The highest BCUT2D eigenvalue weighted by atomic mass is 32.2. The lowest BCUT2D eigenvalue weighted by Crippen LogP contribution is -2.41. The molecule has 4 rings (SSSR count). The van der Waals surface area contributed by atoms with Crippen molar-refractivity contribution in [1.29, 1.82) is 0 Å². The maximum absolute atomic E-state index is 13.3. The van der Waals surface area contributed by atoms with Crippen LogP contribution in [0.2, 0.25) is 0 Å². The molecule has 0 aliphatic carbocycles. The van der Waals surface area contributed by atoms with Gasteiger partial charge in [0.15, 0.2) is 0 Å². The molecule has 2 fully saturated rings. The zero-order chi connectivity index (χ0) is 21.1. The fourth-order valence-electron chi connectivity index (χ4n) is 4.65. The van der Waals surface area contributed by atoms with E-state index in [0.717, 1.165) is 17.5 Å². The molecule has 0 saturated carbocycles. The molecule has 0 spiro atoms. The van der Waals surface area contributed by atoms with E-state index in [1.54, 1.807) is 17.8 Å². The normalized spacial score (nSPS) is 25.7. The monoisotopic (exact) mass is 427 g/mol. The highest BCUT2D eigenvalue weighted by Gasteiger charge is 2.55. The Bertz CT molecular complexity index is 876. The number of rotatable bonds is 8. The summed E-state index contributed by atoms with van der Waals surface area (Å²) in [5.41, 5.74) is 8.42. The quantitative estimate of drug-likeness (QED) is 0.444. The van der Waals surface area contributed by atoms with E-state index < -0.39 is 0 Å². The van der Waals surface area contributed by atoms with Gasteiger partial charge in [-0.05, 0) is 43.4 Å². The molecule has 0 aromatic heterocycles. The minimum absolute atomic E-state index is 0.0296. The summed E-state index contributed by atoms with van der Waals surface area (Å²) in [7, 11) is 0. The first kappa shape index (κ1) is 21.2. The first-order valence-electron chi connectivity index (χ1n) is 10.5. The maximum Gasteiger partial charge on any atom is 0.242 e. The van der Waals surface area contributed by atoms with E-state index in [4.69, 9.17) is 4.74 Å². The predicted molar refractivity (Wildman–Crippen MR) is 118 cm³/mol. The van der Waals surface area contributed by atoms with Gasteiger partial charge in [-0.1, -0.05) is 30.3 Å². The number of hydrogen-bond donors (Lipinski definition) is 3. The van der Waals surface area contributed by atoms with Crippen molar-refractivity contribution in [2.75, 3.05) is 26.0 Å². The van der Waals surface area contributed by atoms with E-state index in [2.05, 4.69) is 41.4 Å². The van der Waals surface area contributed by atoms with Gasteiger partial charge < -0.3 is 14.7 Å². The Morgan fingerprint density at radius 2 is 1.83 bits per heavy atom. The fourth-order valence-corrected chi connectivity index (χ4v) is 5.06. The van der Waals surface area contributed by atoms with Crippen molar-refractivity contribution in [1.82, 2.24) is 15.8 Å². The first-order chi connectivity index (χ1) is 14.7. The molecule has 4 atom stereocenters. The third-order valence-electron chi connectivity index (χ3n) is 6.03. The third kappa shape index (κ3) is 3.95. The van der Waals surface area contributed by atoms with Crippen molar-refractivity contribution in [2.24, 2.45) is 5.92 Å². The van der Waals surface area contributed by atoms with Gasteiger partial charge in [0.25, 0.3) is 0 Å². The number of hydrazine groups is 1. The van der Waals surface area contributed by atoms with E-state index in [-0.39, 0.29) is 35.7 Å². The molecule has 30 heavy (non-hydrogen) atoms. The second-order valence-corrected chi connectivity index (χ2v) is 8.56. The summed E-state index contributed by atoms with van der Waals surface area (Å²) in [5, 5.41) is 10.5. The number of thioether (sulfide) groups is 1. The highest BCUT2D eigenvalue weighted by molar-refractivity contribution is 7.98. The molecule has 0 bridgehead atoms. The van der Waals surface area contributed by atoms with E-state index in [1.165, 1.54) is 4.90 Å². The second kappa shape index (κ2) is 9.39. The zero-order valence-electron chi connectivity index (χ0n) is 17.4. The van der Waals surface area contributed by atoms with Crippen LogP contribution in [0.15, 0.2) is 53.4 Å². The Kier molecular flexibility index (Phi) is 6.63. The number of amides is 1. The standard InChI is InChI=1S/C23H29N3O3S/c1-3-29-14-6-13-26-22(15-9-11-16(30-2)12-10-15)19-20(24-25-21(19)23(26)28)17-7-4-5-8-18(17)27/h4-5,7-12,19-22,24-25,27H,3,6,13-14H2,1-2H3. The van der Waals surface area contributed by atoms with Crippen molar-refractivity contribution < 1.29 is 14.6 Å². The van der Waals surface area contributed by atoms with Gasteiger partial charge in [-0.2, -0.15) is 0 Å². The van der Waals surface area contributed by atoms with Crippen LogP contribution < -0.4 is 10.9 Å². The van der Waals surface area contributed by atoms with Crippen LogP contribution in [0.5, 0.6) is 5.75 Å². The van der Waals surface area contributed by atoms with E-state index in [1.807, 2.05) is 30.0 Å². The number of phenols is 1. The minimum atomic E-state index is -0.327. The van der Waals surface area contributed by atoms with Crippen molar-refractivity contribution in [3.05, 3.63) is 59.7 Å². The number of carbonyl (C=O) groups is 1. The average Bonchev–Trinajstić information content (AvgIpc) is 3.31. The first-order valence-corrected chi connectivity index (χ1v) is 11.7. The largest absolute Gasteiger partial charge is 0.508 e. The fraction of sp³-hybridized carbons (Fsp3) is 0.435. The van der Waals surface area contributed by atoms with Crippen molar-refractivity contribution in [3.63, 3.8) is 0 Å². The number of fused-ring (bicyclic) bond motifs is 1. The molecule has 1 amide bonds. The number of hydrogen-bond acceptors (Lipinski definition) is 6. The lowest BCUT2D eigenvalue weighted by Gasteiger charge is -2.31. The van der Waals surface area contributed by atoms with Gasteiger partial charge in [0.2, 0.25) is 5.91 Å². The van der Waals surface area contributed by atoms with Crippen LogP contribution in [0, 0.1) is 5.92 Å².